The molecule has 100 valence electrons. The van der Waals surface area contributed by atoms with E-state index in [1.807, 2.05) is 6.92 Å². The second-order valence-electron chi connectivity index (χ2n) is 5.08. The van der Waals surface area contributed by atoms with Gasteiger partial charge in [0.25, 0.3) is 0 Å². The van der Waals surface area contributed by atoms with E-state index in [1.165, 1.54) is 16.7 Å². The molecule has 3 heteroatoms. The predicted molar refractivity (Wildman–Crippen MR) is 73.9 cm³/mol. The van der Waals surface area contributed by atoms with Crippen molar-refractivity contribution in [2.24, 2.45) is 5.92 Å². The Balaban J connectivity index is 2.25. The Bertz CT molecular complexity index is 401. The predicted octanol–water partition coefficient (Wildman–Crippen LogP) is 2.55. The molecule has 0 aliphatic heterocycles. The summed E-state index contributed by atoms with van der Waals surface area (Å²) in [5.41, 5.74) is 3.98. The fourth-order valence-electron chi connectivity index (χ4n) is 1.91. The zero-order valence-corrected chi connectivity index (χ0v) is 11.5. The third-order valence-electron chi connectivity index (χ3n) is 3.18. The van der Waals surface area contributed by atoms with Crippen LogP contribution in [0.2, 0.25) is 0 Å². The van der Waals surface area contributed by atoms with E-state index < -0.39 is 5.97 Å². The summed E-state index contributed by atoms with van der Waals surface area (Å²) in [7, 11) is 0. The standard InChI is InChI=1S/C15H23NO2/c1-11(8-15(17)18)10-16-7-6-14-5-4-12(2)13(3)9-14/h4-5,9,11,16H,6-8,10H2,1-3H3,(H,17,18). The maximum absolute atomic E-state index is 10.5. The molecule has 1 aromatic rings. The average Bonchev–Trinajstić information content (AvgIpc) is 2.28. The molecule has 0 aliphatic carbocycles. The molecule has 0 saturated heterocycles. The van der Waals surface area contributed by atoms with Gasteiger partial charge in [-0.15, -0.1) is 0 Å². The second-order valence-corrected chi connectivity index (χ2v) is 5.08. The van der Waals surface area contributed by atoms with Gasteiger partial charge in [-0.1, -0.05) is 25.1 Å². The number of hydrogen-bond donors (Lipinski definition) is 2. The first-order valence-electron chi connectivity index (χ1n) is 6.47. The molecule has 1 unspecified atom stereocenters. The summed E-state index contributed by atoms with van der Waals surface area (Å²) in [5, 5.41) is 12.0. The number of rotatable bonds is 7. The molecule has 18 heavy (non-hydrogen) atoms. The lowest BCUT2D eigenvalue weighted by molar-refractivity contribution is -0.137. The number of carbonyl (C=O) groups is 1. The number of carboxylic acid groups (broad SMARTS) is 1. The minimum absolute atomic E-state index is 0.183. The van der Waals surface area contributed by atoms with E-state index in [-0.39, 0.29) is 12.3 Å². The molecule has 3 nitrogen and oxygen atoms in total. The van der Waals surface area contributed by atoms with Gasteiger partial charge in [0, 0.05) is 6.42 Å². The monoisotopic (exact) mass is 249 g/mol. The van der Waals surface area contributed by atoms with E-state index >= 15 is 0 Å². The van der Waals surface area contributed by atoms with E-state index in [1.54, 1.807) is 0 Å². The lowest BCUT2D eigenvalue weighted by Gasteiger charge is -2.10. The first-order valence-corrected chi connectivity index (χ1v) is 6.47. The zero-order valence-electron chi connectivity index (χ0n) is 11.5. The molecule has 0 fully saturated rings. The van der Waals surface area contributed by atoms with Gasteiger partial charge in [-0.3, -0.25) is 4.79 Å². The van der Waals surface area contributed by atoms with Gasteiger partial charge < -0.3 is 10.4 Å². The normalized spacial score (nSPS) is 12.4. The third kappa shape index (κ3) is 5.32. The molecule has 0 saturated carbocycles. The van der Waals surface area contributed by atoms with Crippen LogP contribution >= 0.6 is 0 Å². The summed E-state index contributed by atoms with van der Waals surface area (Å²) in [6.45, 7) is 7.85. The molecule has 1 aromatic carbocycles. The number of benzene rings is 1. The molecular formula is C15H23NO2. The summed E-state index contributed by atoms with van der Waals surface area (Å²) in [4.78, 5) is 10.5. The first kappa shape index (κ1) is 14.7. The molecule has 0 heterocycles. The summed E-state index contributed by atoms with van der Waals surface area (Å²) in [6, 6.07) is 6.53. The van der Waals surface area contributed by atoms with E-state index in [9.17, 15) is 4.79 Å². The molecule has 1 rings (SSSR count). The largest absolute Gasteiger partial charge is 0.481 e. The van der Waals surface area contributed by atoms with E-state index in [2.05, 4.69) is 37.4 Å². The Morgan fingerprint density at radius 3 is 2.67 bits per heavy atom. The molecule has 1 atom stereocenters. The minimum atomic E-state index is -0.724. The van der Waals surface area contributed by atoms with E-state index in [4.69, 9.17) is 5.11 Å². The third-order valence-corrected chi connectivity index (χ3v) is 3.18. The van der Waals surface area contributed by atoms with Gasteiger partial charge in [0.05, 0.1) is 0 Å². The maximum Gasteiger partial charge on any atom is 0.303 e. The van der Waals surface area contributed by atoms with Crippen molar-refractivity contribution in [3.8, 4) is 0 Å². The van der Waals surface area contributed by atoms with Crippen LogP contribution in [0.1, 0.15) is 30.0 Å². The van der Waals surface area contributed by atoms with E-state index in [0.717, 1.165) is 19.5 Å². The van der Waals surface area contributed by atoms with Crippen LogP contribution in [0.25, 0.3) is 0 Å². The van der Waals surface area contributed by atoms with Gasteiger partial charge in [0.15, 0.2) is 0 Å². The molecular weight excluding hydrogens is 226 g/mol. The Kier molecular flexibility index (Phi) is 5.86. The number of aryl methyl sites for hydroxylation is 2. The SMILES string of the molecule is Cc1ccc(CCNCC(C)CC(=O)O)cc1C. The summed E-state index contributed by atoms with van der Waals surface area (Å²) in [6.07, 6.45) is 1.22. The summed E-state index contributed by atoms with van der Waals surface area (Å²) in [5.74, 6) is -0.541. The van der Waals surface area contributed by atoms with Crippen molar-refractivity contribution >= 4 is 5.97 Å². The van der Waals surface area contributed by atoms with Crippen molar-refractivity contribution in [2.45, 2.75) is 33.6 Å². The number of nitrogens with one attached hydrogen (secondary N) is 1. The van der Waals surface area contributed by atoms with Crippen LogP contribution < -0.4 is 5.32 Å². The Morgan fingerprint density at radius 1 is 1.33 bits per heavy atom. The lowest BCUT2D eigenvalue weighted by Crippen LogP contribution is -2.24. The number of hydrogen-bond acceptors (Lipinski definition) is 2. The van der Waals surface area contributed by atoms with E-state index in [0.29, 0.717) is 0 Å². The highest BCUT2D eigenvalue weighted by atomic mass is 16.4. The summed E-state index contributed by atoms with van der Waals surface area (Å²) < 4.78 is 0. The minimum Gasteiger partial charge on any atom is -0.481 e. The van der Waals surface area contributed by atoms with Gasteiger partial charge in [-0.05, 0) is 56.0 Å². The molecule has 0 aliphatic rings. The van der Waals surface area contributed by atoms with Gasteiger partial charge in [0.1, 0.15) is 0 Å². The van der Waals surface area contributed by atoms with Crippen molar-refractivity contribution in [3.63, 3.8) is 0 Å². The fourth-order valence-corrected chi connectivity index (χ4v) is 1.91. The van der Waals surface area contributed by atoms with Crippen molar-refractivity contribution in [2.75, 3.05) is 13.1 Å². The lowest BCUT2D eigenvalue weighted by atomic mass is 10.0. The Labute approximate surface area is 109 Å². The zero-order chi connectivity index (χ0) is 13.5. The molecule has 0 aromatic heterocycles. The topological polar surface area (TPSA) is 49.3 Å². The van der Waals surface area contributed by atoms with Crippen LogP contribution in [0.4, 0.5) is 0 Å². The fraction of sp³-hybridized carbons (Fsp3) is 0.533. The second kappa shape index (κ2) is 7.17. The van der Waals surface area contributed by atoms with Crippen LogP contribution in [0, 0.1) is 19.8 Å². The number of aliphatic carboxylic acids is 1. The first-order chi connectivity index (χ1) is 8.49. The average molecular weight is 249 g/mol. The van der Waals surface area contributed by atoms with Crippen molar-refractivity contribution in [1.82, 2.24) is 5.32 Å². The van der Waals surface area contributed by atoms with Crippen LogP contribution in [-0.4, -0.2) is 24.2 Å². The van der Waals surface area contributed by atoms with Gasteiger partial charge in [0.2, 0.25) is 0 Å². The highest BCUT2D eigenvalue weighted by molar-refractivity contribution is 5.66. The molecule has 0 amide bonds. The molecule has 2 N–H and O–H groups in total. The summed E-state index contributed by atoms with van der Waals surface area (Å²) >= 11 is 0. The van der Waals surface area contributed by atoms with Crippen LogP contribution in [-0.2, 0) is 11.2 Å². The van der Waals surface area contributed by atoms with Crippen LogP contribution in [0.15, 0.2) is 18.2 Å². The molecule has 0 radical (unpaired) electrons. The number of carboxylic acids is 1. The van der Waals surface area contributed by atoms with Crippen LogP contribution in [0.3, 0.4) is 0 Å². The molecule has 0 spiro atoms. The Hall–Kier alpha value is -1.35. The smallest absolute Gasteiger partial charge is 0.303 e. The van der Waals surface area contributed by atoms with Gasteiger partial charge in [-0.2, -0.15) is 0 Å². The van der Waals surface area contributed by atoms with Gasteiger partial charge in [-0.25, -0.2) is 0 Å². The van der Waals surface area contributed by atoms with Crippen molar-refractivity contribution < 1.29 is 9.90 Å². The van der Waals surface area contributed by atoms with Crippen LogP contribution in [0.5, 0.6) is 0 Å². The highest BCUT2D eigenvalue weighted by Gasteiger charge is 2.06. The Morgan fingerprint density at radius 2 is 2.06 bits per heavy atom. The quantitative estimate of drug-likeness (QED) is 0.730. The van der Waals surface area contributed by atoms with Crippen molar-refractivity contribution in [1.29, 1.82) is 0 Å². The van der Waals surface area contributed by atoms with Gasteiger partial charge >= 0.3 is 5.97 Å². The molecule has 0 bridgehead atoms. The highest BCUT2D eigenvalue weighted by Crippen LogP contribution is 2.10. The maximum atomic E-state index is 10.5. The van der Waals surface area contributed by atoms with Crippen molar-refractivity contribution in [3.05, 3.63) is 34.9 Å².